The first-order valence-corrected chi connectivity index (χ1v) is 6.31. The molecule has 5 nitrogen and oxygen atoms in total. The first-order chi connectivity index (χ1) is 8.08. The van der Waals surface area contributed by atoms with Gasteiger partial charge >= 0.3 is 0 Å². The second-order valence-electron chi connectivity index (χ2n) is 5.14. The molecular formula is C12H20N2O3. The monoisotopic (exact) mass is 240 g/mol. The summed E-state index contributed by atoms with van der Waals surface area (Å²) in [4.78, 5) is 24.8. The maximum atomic E-state index is 11.7. The second-order valence-corrected chi connectivity index (χ2v) is 5.14. The number of likely N-dealkylation sites (tertiary alicyclic amines) is 1. The number of hydrogen-bond acceptors (Lipinski definition) is 3. The van der Waals surface area contributed by atoms with Gasteiger partial charge in [0.2, 0.25) is 11.8 Å². The van der Waals surface area contributed by atoms with E-state index in [-0.39, 0.29) is 23.8 Å². The molecule has 0 radical (unpaired) electrons. The van der Waals surface area contributed by atoms with Crippen LogP contribution in [0, 0.1) is 11.8 Å². The van der Waals surface area contributed by atoms with E-state index in [1.807, 2.05) is 0 Å². The zero-order chi connectivity index (χ0) is 12.4. The standard InChI is InChI=1S/C12H20N2O3/c1-8-6-10(8)12(17)13-4-2-11(16)14-5-3-9(15)7-14/h8-10,15H,2-7H2,1H3,(H,13,17). The number of amides is 2. The van der Waals surface area contributed by atoms with Crippen LogP contribution in [0.1, 0.15) is 26.2 Å². The zero-order valence-corrected chi connectivity index (χ0v) is 10.2. The van der Waals surface area contributed by atoms with Crippen LogP contribution in [0.25, 0.3) is 0 Å². The number of aliphatic hydroxyl groups is 1. The van der Waals surface area contributed by atoms with E-state index in [9.17, 15) is 14.7 Å². The van der Waals surface area contributed by atoms with Crippen molar-refractivity contribution in [2.24, 2.45) is 11.8 Å². The molecule has 1 heterocycles. The lowest BCUT2D eigenvalue weighted by atomic mass is 10.3. The summed E-state index contributed by atoms with van der Waals surface area (Å²) in [6, 6.07) is 0. The summed E-state index contributed by atoms with van der Waals surface area (Å²) in [5, 5.41) is 12.1. The summed E-state index contributed by atoms with van der Waals surface area (Å²) in [5.74, 6) is 0.760. The van der Waals surface area contributed by atoms with Gasteiger partial charge in [0.25, 0.3) is 0 Å². The van der Waals surface area contributed by atoms with E-state index in [0.29, 0.717) is 38.4 Å². The normalized spacial score (nSPS) is 31.4. The van der Waals surface area contributed by atoms with Crippen LogP contribution in [-0.2, 0) is 9.59 Å². The molecule has 96 valence electrons. The van der Waals surface area contributed by atoms with Gasteiger partial charge in [-0.05, 0) is 18.8 Å². The van der Waals surface area contributed by atoms with Crippen LogP contribution in [0.3, 0.4) is 0 Å². The van der Waals surface area contributed by atoms with Crippen molar-refractivity contribution in [2.45, 2.75) is 32.3 Å². The Kier molecular flexibility index (Phi) is 3.66. The largest absolute Gasteiger partial charge is 0.391 e. The molecule has 2 amide bonds. The van der Waals surface area contributed by atoms with Gasteiger partial charge < -0.3 is 15.3 Å². The van der Waals surface area contributed by atoms with Crippen molar-refractivity contribution in [3.63, 3.8) is 0 Å². The summed E-state index contributed by atoms with van der Waals surface area (Å²) in [5.41, 5.74) is 0. The second kappa shape index (κ2) is 5.04. The van der Waals surface area contributed by atoms with Crippen LogP contribution in [0.5, 0.6) is 0 Å². The SMILES string of the molecule is CC1CC1C(=O)NCCC(=O)N1CCC(O)C1. The Balaban J connectivity index is 1.61. The molecule has 1 saturated carbocycles. The third kappa shape index (κ3) is 3.19. The smallest absolute Gasteiger partial charge is 0.224 e. The number of hydrogen-bond donors (Lipinski definition) is 2. The Morgan fingerprint density at radius 3 is 2.71 bits per heavy atom. The lowest BCUT2D eigenvalue weighted by molar-refractivity contribution is -0.130. The number of aliphatic hydroxyl groups excluding tert-OH is 1. The van der Waals surface area contributed by atoms with Crippen molar-refractivity contribution in [1.82, 2.24) is 10.2 Å². The Bertz CT molecular complexity index is 319. The van der Waals surface area contributed by atoms with Crippen LogP contribution in [0.2, 0.25) is 0 Å². The minimum atomic E-state index is -0.374. The minimum absolute atomic E-state index is 0.0192. The summed E-state index contributed by atoms with van der Waals surface area (Å²) >= 11 is 0. The van der Waals surface area contributed by atoms with Gasteiger partial charge in [0.05, 0.1) is 6.10 Å². The molecule has 1 aliphatic carbocycles. The lowest BCUT2D eigenvalue weighted by Crippen LogP contribution is -2.34. The van der Waals surface area contributed by atoms with E-state index in [4.69, 9.17) is 0 Å². The van der Waals surface area contributed by atoms with Crippen molar-refractivity contribution in [3.8, 4) is 0 Å². The molecule has 0 aromatic heterocycles. The van der Waals surface area contributed by atoms with E-state index in [1.165, 1.54) is 0 Å². The van der Waals surface area contributed by atoms with E-state index in [0.717, 1.165) is 6.42 Å². The molecule has 0 aromatic carbocycles. The number of nitrogens with zero attached hydrogens (tertiary/aromatic N) is 1. The van der Waals surface area contributed by atoms with Crippen LogP contribution < -0.4 is 5.32 Å². The minimum Gasteiger partial charge on any atom is -0.391 e. The fraction of sp³-hybridized carbons (Fsp3) is 0.833. The maximum Gasteiger partial charge on any atom is 0.224 e. The van der Waals surface area contributed by atoms with Crippen LogP contribution in [0.15, 0.2) is 0 Å². The van der Waals surface area contributed by atoms with Gasteiger partial charge in [-0.3, -0.25) is 9.59 Å². The molecule has 3 atom stereocenters. The molecule has 0 bridgehead atoms. The van der Waals surface area contributed by atoms with Gasteiger partial charge in [0, 0.05) is 32.0 Å². The van der Waals surface area contributed by atoms with Gasteiger partial charge in [-0.1, -0.05) is 6.92 Å². The highest BCUT2D eigenvalue weighted by molar-refractivity contribution is 5.82. The van der Waals surface area contributed by atoms with Crippen LogP contribution >= 0.6 is 0 Å². The van der Waals surface area contributed by atoms with Gasteiger partial charge in [-0.2, -0.15) is 0 Å². The fourth-order valence-corrected chi connectivity index (χ4v) is 2.24. The highest BCUT2D eigenvalue weighted by Crippen LogP contribution is 2.37. The average Bonchev–Trinajstić information content (AvgIpc) is 2.85. The summed E-state index contributed by atoms with van der Waals surface area (Å²) < 4.78 is 0. The molecule has 17 heavy (non-hydrogen) atoms. The molecule has 3 unspecified atom stereocenters. The third-order valence-electron chi connectivity index (χ3n) is 3.60. The Hall–Kier alpha value is -1.10. The summed E-state index contributed by atoms with van der Waals surface area (Å²) in [6.07, 6.45) is 1.59. The molecule has 0 aromatic rings. The number of β-amino-alcohol motifs (C(OH)–C–C–N with tert-alkyl or cyclic N) is 1. The lowest BCUT2D eigenvalue weighted by Gasteiger charge is -2.15. The van der Waals surface area contributed by atoms with E-state index >= 15 is 0 Å². The van der Waals surface area contributed by atoms with Crippen molar-refractivity contribution in [1.29, 1.82) is 0 Å². The van der Waals surface area contributed by atoms with Crippen molar-refractivity contribution in [2.75, 3.05) is 19.6 Å². The molecule has 2 rings (SSSR count). The fourth-order valence-electron chi connectivity index (χ4n) is 2.24. The summed E-state index contributed by atoms with van der Waals surface area (Å²) in [6.45, 7) is 3.54. The Morgan fingerprint density at radius 2 is 2.18 bits per heavy atom. The van der Waals surface area contributed by atoms with Crippen LogP contribution in [0.4, 0.5) is 0 Å². The first kappa shape index (κ1) is 12.4. The predicted octanol–water partition coefficient (Wildman–Crippen LogP) is -0.258. The molecule has 2 fully saturated rings. The number of nitrogens with one attached hydrogen (secondary N) is 1. The molecule has 2 aliphatic rings. The van der Waals surface area contributed by atoms with Crippen molar-refractivity contribution in [3.05, 3.63) is 0 Å². The zero-order valence-electron chi connectivity index (χ0n) is 10.2. The molecule has 0 spiro atoms. The number of carbonyl (C=O) groups is 2. The topological polar surface area (TPSA) is 69.6 Å². The molecule has 1 saturated heterocycles. The Labute approximate surface area is 101 Å². The first-order valence-electron chi connectivity index (χ1n) is 6.31. The van der Waals surface area contributed by atoms with Gasteiger partial charge in [0.15, 0.2) is 0 Å². The van der Waals surface area contributed by atoms with Gasteiger partial charge in [-0.15, -0.1) is 0 Å². The van der Waals surface area contributed by atoms with E-state index in [2.05, 4.69) is 12.2 Å². The summed E-state index contributed by atoms with van der Waals surface area (Å²) in [7, 11) is 0. The van der Waals surface area contributed by atoms with E-state index < -0.39 is 0 Å². The highest BCUT2D eigenvalue weighted by atomic mass is 16.3. The van der Waals surface area contributed by atoms with Gasteiger partial charge in [0.1, 0.15) is 0 Å². The maximum absolute atomic E-state index is 11.7. The molecule has 2 N–H and O–H groups in total. The van der Waals surface area contributed by atoms with Crippen molar-refractivity contribution >= 4 is 11.8 Å². The quantitative estimate of drug-likeness (QED) is 0.711. The molecule has 5 heteroatoms. The predicted molar refractivity (Wildman–Crippen MR) is 62.1 cm³/mol. The molecule has 1 aliphatic heterocycles. The number of rotatable bonds is 4. The third-order valence-corrected chi connectivity index (χ3v) is 3.60. The average molecular weight is 240 g/mol. The van der Waals surface area contributed by atoms with Crippen LogP contribution in [-0.4, -0.2) is 47.6 Å². The van der Waals surface area contributed by atoms with E-state index in [1.54, 1.807) is 4.90 Å². The highest BCUT2D eigenvalue weighted by Gasteiger charge is 2.38. The van der Waals surface area contributed by atoms with Gasteiger partial charge in [-0.25, -0.2) is 0 Å². The van der Waals surface area contributed by atoms with Crippen molar-refractivity contribution < 1.29 is 14.7 Å². The number of carbonyl (C=O) groups excluding carboxylic acids is 2. The molecular weight excluding hydrogens is 220 g/mol. The Morgan fingerprint density at radius 1 is 1.47 bits per heavy atom.